The molecule has 0 aromatic heterocycles. The summed E-state index contributed by atoms with van der Waals surface area (Å²) in [4.78, 5) is 2.58. The van der Waals surface area contributed by atoms with Crippen molar-refractivity contribution in [1.82, 2.24) is 4.90 Å². The van der Waals surface area contributed by atoms with Gasteiger partial charge in [-0.1, -0.05) is 12.8 Å². The lowest BCUT2D eigenvalue weighted by atomic mass is 9.82. The van der Waals surface area contributed by atoms with Gasteiger partial charge in [0, 0.05) is 24.9 Å². The second-order valence-electron chi connectivity index (χ2n) is 7.73. The molecule has 4 unspecified atom stereocenters. The van der Waals surface area contributed by atoms with E-state index in [-0.39, 0.29) is 17.9 Å². The summed E-state index contributed by atoms with van der Waals surface area (Å²) in [7, 11) is 0. The van der Waals surface area contributed by atoms with Crippen molar-refractivity contribution in [2.75, 3.05) is 38.7 Å². The van der Waals surface area contributed by atoms with Gasteiger partial charge in [0.15, 0.2) is 0 Å². The molecular formula is C19H33NO3S. The van der Waals surface area contributed by atoms with E-state index in [4.69, 9.17) is 14.2 Å². The zero-order valence-corrected chi connectivity index (χ0v) is 15.7. The molecule has 4 rings (SSSR count). The largest absolute Gasteiger partial charge is 0.375 e. The van der Waals surface area contributed by atoms with E-state index in [0.29, 0.717) is 5.25 Å². The molecule has 0 amide bonds. The number of rotatable bonds is 3. The molecule has 4 fully saturated rings. The van der Waals surface area contributed by atoms with E-state index in [2.05, 4.69) is 16.7 Å². The summed E-state index contributed by atoms with van der Waals surface area (Å²) in [6.45, 7) is 4.65. The zero-order chi connectivity index (χ0) is 16.2. The Balaban J connectivity index is 1.64. The Morgan fingerprint density at radius 1 is 0.792 bits per heavy atom. The Morgan fingerprint density at radius 2 is 1.67 bits per heavy atom. The fraction of sp³-hybridized carbons (Fsp3) is 1.00. The quantitative estimate of drug-likeness (QED) is 0.774. The highest BCUT2D eigenvalue weighted by Crippen LogP contribution is 2.46. The summed E-state index contributed by atoms with van der Waals surface area (Å²) < 4.78 is 19.5. The summed E-state index contributed by atoms with van der Waals surface area (Å²) >= 11 is 2.12. The van der Waals surface area contributed by atoms with Crippen molar-refractivity contribution in [3.8, 4) is 0 Å². The van der Waals surface area contributed by atoms with E-state index in [1.54, 1.807) is 0 Å². The van der Waals surface area contributed by atoms with Crippen LogP contribution >= 0.6 is 11.8 Å². The van der Waals surface area contributed by atoms with Crippen LogP contribution in [0, 0.1) is 0 Å². The molecule has 4 saturated heterocycles. The number of nitrogens with zero attached hydrogens (tertiary/aromatic N) is 1. The first-order chi connectivity index (χ1) is 11.9. The van der Waals surface area contributed by atoms with Crippen molar-refractivity contribution in [1.29, 1.82) is 0 Å². The molecule has 0 bridgehead atoms. The molecule has 4 heterocycles. The number of hydrogen-bond donors (Lipinski definition) is 0. The van der Waals surface area contributed by atoms with Gasteiger partial charge < -0.3 is 14.2 Å². The lowest BCUT2D eigenvalue weighted by Crippen LogP contribution is -2.70. The lowest BCUT2D eigenvalue weighted by Gasteiger charge is -2.56. The minimum atomic E-state index is -0.263. The van der Waals surface area contributed by atoms with E-state index in [1.165, 1.54) is 57.1 Å². The number of ether oxygens (including phenoxy) is 3. The van der Waals surface area contributed by atoms with Gasteiger partial charge in [-0.05, 0) is 50.7 Å². The second kappa shape index (κ2) is 8.26. The maximum atomic E-state index is 6.70. The van der Waals surface area contributed by atoms with Crippen LogP contribution in [0.3, 0.4) is 0 Å². The van der Waals surface area contributed by atoms with Gasteiger partial charge in [-0.15, -0.1) is 0 Å². The van der Waals surface area contributed by atoms with E-state index in [1.807, 2.05) is 0 Å². The lowest BCUT2D eigenvalue weighted by molar-refractivity contribution is -0.293. The first-order valence-corrected chi connectivity index (χ1v) is 11.2. The molecule has 4 aliphatic rings. The van der Waals surface area contributed by atoms with Crippen LogP contribution in [-0.2, 0) is 14.2 Å². The first-order valence-electron chi connectivity index (χ1n) is 10.1. The van der Waals surface area contributed by atoms with Crippen molar-refractivity contribution < 1.29 is 14.2 Å². The first kappa shape index (κ1) is 17.6. The predicted octanol–water partition coefficient (Wildman–Crippen LogP) is 3.44. The van der Waals surface area contributed by atoms with Crippen molar-refractivity contribution in [2.45, 2.75) is 81.0 Å². The Bertz CT molecular complexity index is 372. The molecule has 0 aromatic carbocycles. The second-order valence-corrected chi connectivity index (χ2v) is 9.04. The highest BCUT2D eigenvalue weighted by Gasteiger charge is 2.57. The molecule has 0 aromatic rings. The van der Waals surface area contributed by atoms with E-state index in [0.717, 1.165) is 39.3 Å². The number of thioether (sulfide) groups is 1. The highest BCUT2D eigenvalue weighted by atomic mass is 32.2. The Hall–Kier alpha value is 0.190. The van der Waals surface area contributed by atoms with Crippen molar-refractivity contribution in [3.63, 3.8) is 0 Å². The minimum absolute atomic E-state index is 0.0882. The van der Waals surface area contributed by atoms with E-state index >= 15 is 0 Å². The van der Waals surface area contributed by atoms with Gasteiger partial charge in [0.2, 0.25) is 0 Å². The van der Waals surface area contributed by atoms with Crippen molar-refractivity contribution in [2.24, 2.45) is 0 Å². The molecule has 5 heteroatoms. The summed E-state index contributed by atoms with van der Waals surface area (Å²) in [5, 5.41) is 0.515. The molecular weight excluding hydrogens is 322 g/mol. The molecule has 4 atom stereocenters. The maximum absolute atomic E-state index is 6.70. The van der Waals surface area contributed by atoms with Crippen LogP contribution < -0.4 is 0 Å². The molecule has 24 heavy (non-hydrogen) atoms. The number of likely N-dealkylation sites (tertiary alicyclic amines) is 1. The third kappa shape index (κ3) is 3.39. The molecule has 4 aliphatic heterocycles. The normalized spacial score (nSPS) is 42.8. The molecule has 0 spiro atoms. The van der Waals surface area contributed by atoms with E-state index < -0.39 is 0 Å². The molecule has 4 nitrogen and oxygen atoms in total. The van der Waals surface area contributed by atoms with Gasteiger partial charge >= 0.3 is 0 Å². The molecule has 0 saturated carbocycles. The van der Waals surface area contributed by atoms with Crippen LogP contribution in [-0.4, -0.2) is 66.7 Å². The van der Waals surface area contributed by atoms with Crippen LogP contribution in [0.2, 0.25) is 0 Å². The number of hydrogen-bond acceptors (Lipinski definition) is 5. The third-order valence-corrected chi connectivity index (χ3v) is 7.72. The highest BCUT2D eigenvalue weighted by molar-refractivity contribution is 8.00. The average molecular weight is 356 g/mol. The Kier molecular flexibility index (Phi) is 6.05. The van der Waals surface area contributed by atoms with Crippen molar-refractivity contribution in [3.05, 3.63) is 0 Å². The SMILES string of the molecule is C1CCN(C2OCCOC2(C2CCCCO2)C2CCCCS2)CC1. The van der Waals surface area contributed by atoms with Gasteiger partial charge in [-0.3, -0.25) is 4.90 Å². The Morgan fingerprint density at radius 3 is 2.42 bits per heavy atom. The zero-order valence-electron chi connectivity index (χ0n) is 14.9. The van der Waals surface area contributed by atoms with Gasteiger partial charge in [0.25, 0.3) is 0 Å². The fourth-order valence-electron chi connectivity index (χ4n) is 5.03. The van der Waals surface area contributed by atoms with Crippen molar-refractivity contribution >= 4 is 11.8 Å². The molecule has 0 aliphatic carbocycles. The monoisotopic (exact) mass is 355 g/mol. The summed E-state index contributed by atoms with van der Waals surface area (Å²) in [6.07, 6.45) is 11.7. The van der Waals surface area contributed by atoms with Crippen LogP contribution in [0.5, 0.6) is 0 Å². The standard InChI is InChI=1S/C19H33NO3S/c1-4-10-20(11-5-1)18-19(23-14-13-22-18,16-8-2-6-12-21-16)17-9-3-7-15-24-17/h16-18H,1-15H2. The minimum Gasteiger partial charge on any atom is -0.375 e. The fourth-order valence-corrected chi connectivity index (χ4v) is 6.61. The molecule has 0 N–H and O–H groups in total. The molecule has 138 valence electrons. The average Bonchev–Trinajstić information content (AvgIpc) is 2.70. The van der Waals surface area contributed by atoms with Gasteiger partial charge in [-0.2, -0.15) is 11.8 Å². The van der Waals surface area contributed by atoms with Gasteiger partial charge in [0.1, 0.15) is 11.8 Å². The maximum Gasteiger partial charge on any atom is 0.145 e. The summed E-state index contributed by atoms with van der Waals surface area (Å²) in [5.74, 6) is 1.26. The Labute approximate surface area is 151 Å². The topological polar surface area (TPSA) is 30.9 Å². The predicted molar refractivity (Wildman–Crippen MR) is 97.5 cm³/mol. The van der Waals surface area contributed by atoms with Crippen LogP contribution in [0.4, 0.5) is 0 Å². The summed E-state index contributed by atoms with van der Waals surface area (Å²) in [6, 6.07) is 0. The van der Waals surface area contributed by atoms with Crippen LogP contribution in [0.15, 0.2) is 0 Å². The van der Waals surface area contributed by atoms with Gasteiger partial charge in [0.05, 0.1) is 19.3 Å². The molecule has 0 radical (unpaired) electrons. The van der Waals surface area contributed by atoms with Crippen LogP contribution in [0.1, 0.15) is 57.8 Å². The smallest absolute Gasteiger partial charge is 0.145 e. The van der Waals surface area contributed by atoms with E-state index in [9.17, 15) is 0 Å². The third-order valence-electron chi connectivity index (χ3n) is 6.19. The summed E-state index contributed by atoms with van der Waals surface area (Å²) in [5.41, 5.74) is -0.263. The van der Waals surface area contributed by atoms with Crippen LogP contribution in [0.25, 0.3) is 0 Å². The van der Waals surface area contributed by atoms with Gasteiger partial charge in [-0.25, -0.2) is 0 Å². The number of piperidine rings is 1.